The van der Waals surface area contributed by atoms with Crippen LogP contribution in [0.25, 0.3) is 0 Å². The summed E-state index contributed by atoms with van der Waals surface area (Å²) in [5.41, 5.74) is 6.01. The third-order valence-corrected chi connectivity index (χ3v) is 11.4. The van der Waals surface area contributed by atoms with Gasteiger partial charge in [0.25, 0.3) is 0 Å². The summed E-state index contributed by atoms with van der Waals surface area (Å²) in [7, 11) is 0. The summed E-state index contributed by atoms with van der Waals surface area (Å²) < 4.78 is 60.0. The lowest BCUT2D eigenvalue weighted by Crippen LogP contribution is -2.63. The van der Waals surface area contributed by atoms with E-state index < -0.39 is 55.3 Å². The molecule has 0 saturated carbocycles. The zero-order valence-electron chi connectivity index (χ0n) is 36.0. The van der Waals surface area contributed by atoms with Crippen LogP contribution in [-0.4, -0.2) is 73.6 Å². The lowest BCUT2D eigenvalue weighted by Gasteiger charge is -2.47. The van der Waals surface area contributed by atoms with Crippen LogP contribution in [0.15, 0.2) is 182 Å². The van der Waals surface area contributed by atoms with Gasteiger partial charge in [-0.25, -0.2) is 0 Å². The van der Waals surface area contributed by atoms with E-state index in [1.165, 1.54) is 0 Å². The Hall–Kier alpha value is -5.08. The molecule has 64 heavy (non-hydrogen) atoms. The fraction of sp³-hybridized carbons (Fsp3) is 0.333. The van der Waals surface area contributed by atoms with Gasteiger partial charge < -0.3 is 47.7 Å². The average molecular weight is 867 g/mol. The molecule has 10 heteroatoms. The Labute approximate surface area is 376 Å². The van der Waals surface area contributed by atoms with E-state index in [-0.39, 0.29) is 26.4 Å². The Morgan fingerprint density at radius 2 is 0.719 bits per heavy atom. The molecule has 9 unspecified atom stereocenters. The van der Waals surface area contributed by atoms with E-state index in [0.29, 0.717) is 32.8 Å². The molecule has 6 aromatic rings. The van der Waals surface area contributed by atoms with E-state index >= 15 is 0 Å². The molecule has 8 rings (SSSR count). The number of hydrogen-bond acceptors (Lipinski definition) is 10. The number of hydrogen-bond donors (Lipinski definition) is 1. The molecule has 2 aliphatic rings. The van der Waals surface area contributed by atoms with Gasteiger partial charge in [-0.3, -0.25) is 0 Å². The van der Waals surface area contributed by atoms with Crippen molar-refractivity contribution in [2.24, 2.45) is 0 Å². The van der Waals surface area contributed by atoms with Crippen molar-refractivity contribution in [3.05, 3.63) is 215 Å². The van der Waals surface area contributed by atoms with Crippen LogP contribution in [0.4, 0.5) is 0 Å². The zero-order valence-corrected chi connectivity index (χ0v) is 36.0. The highest BCUT2D eigenvalue weighted by atomic mass is 16.7. The van der Waals surface area contributed by atoms with Gasteiger partial charge >= 0.3 is 0 Å². The maximum Gasteiger partial charge on any atom is 0.184 e. The molecule has 0 radical (unpaired) electrons. The van der Waals surface area contributed by atoms with E-state index in [9.17, 15) is 5.11 Å². The fourth-order valence-electron chi connectivity index (χ4n) is 8.04. The fourth-order valence-corrected chi connectivity index (χ4v) is 8.04. The van der Waals surface area contributed by atoms with Crippen molar-refractivity contribution in [1.29, 1.82) is 0 Å². The molecule has 0 aromatic heterocycles. The number of aliphatic hydroxyl groups excluding tert-OH is 1. The standard InChI is InChI=1S/C54H58O10/c55-54-53(61-37-45-29-17-6-18-30-45)52(60-36-44-27-15-5-16-28-44)51(48(63-54)39-57-33-41-21-9-2-10-22-41)64-49-31-46(58-34-42-23-11-3-12-24-42)50(59-35-43-25-13-4-14-26-43)47(62-49)38-56-32-40-19-7-1-8-20-40/h1-30,46-55H,31-39H2. The van der Waals surface area contributed by atoms with Gasteiger partial charge in [0, 0.05) is 6.42 Å². The highest BCUT2D eigenvalue weighted by molar-refractivity contribution is 5.18. The summed E-state index contributed by atoms with van der Waals surface area (Å²) in [6, 6.07) is 59.8. The van der Waals surface area contributed by atoms with Crippen molar-refractivity contribution in [1.82, 2.24) is 0 Å². The van der Waals surface area contributed by atoms with Crippen LogP contribution in [-0.2, 0) is 82.3 Å². The maximum absolute atomic E-state index is 11.7. The van der Waals surface area contributed by atoms with Crippen molar-refractivity contribution < 1.29 is 47.7 Å². The van der Waals surface area contributed by atoms with Gasteiger partial charge in [0.05, 0.1) is 59.0 Å². The molecule has 2 heterocycles. The number of benzene rings is 6. The second-order valence-electron chi connectivity index (χ2n) is 16.1. The van der Waals surface area contributed by atoms with E-state index in [0.717, 1.165) is 33.4 Å². The molecule has 9 atom stereocenters. The molecule has 0 amide bonds. The molecular formula is C54H58O10. The predicted octanol–water partition coefficient (Wildman–Crippen LogP) is 8.98. The quantitative estimate of drug-likeness (QED) is 0.0712. The molecule has 334 valence electrons. The SMILES string of the molecule is OC1OC(COCc2ccccc2)C(OC2CC(OCc3ccccc3)C(OCc3ccccc3)C(COCc3ccccc3)O2)C(OCc2ccccc2)C1OCc1ccccc1. The van der Waals surface area contributed by atoms with Gasteiger partial charge in [-0.2, -0.15) is 0 Å². The van der Waals surface area contributed by atoms with Gasteiger partial charge in [-0.15, -0.1) is 0 Å². The van der Waals surface area contributed by atoms with E-state index in [1.54, 1.807) is 0 Å². The highest BCUT2D eigenvalue weighted by Gasteiger charge is 2.51. The molecule has 10 nitrogen and oxygen atoms in total. The first-order chi connectivity index (χ1) is 31.6. The van der Waals surface area contributed by atoms with Crippen LogP contribution in [0.3, 0.4) is 0 Å². The largest absolute Gasteiger partial charge is 0.374 e. The third-order valence-electron chi connectivity index (χ3n) is 11.4. The maximum atomic E-state index is 11.7. The second-order valence-corrected chi connectivity index (χ2v) is 16.1. The molecule has 0 bridgehead atoms. The van der Waals surface area contributed by atoms with E-state index in [4.69, 9.17) is 42.6 Å². The van der Waals surface area contributed by atoms with Crippen LogP contribution in [0.5, 0.6) is 0 Å². The Morgan fingerprint density at radius 1 is 0.375 bits per heavy atom. The van der Waals surface area contributed by atoms with Crippen LogP contribution < -0.4 is 0 Å². The van der Waals surface area contributed by atoms with Crippen molar-refractivity contribution in [2.45, 2.75) is 101 Å². The van der Waals surface area contributed by atoms with Crippen LogP contribution in [0.1, 0.15) is 39.8 Å². The van der Waals surface area contributed by atoms with Gasteiger partial charge in [0.2, 0.25) is 0 Å². The van der Waals surface area contributed by atoms with Gasteiger partial charge in [0.15, 0.2) is 12.6 Å². The molecule has 2 saturated heterocycles. The van der Waals surface area contributed by atoms with Crippen LogP contribution in [0.2, 0.25) is 0 Å². The molecule has 0 aliphatic carbocycles. The van der Waals surface area contributed by atoms with E-state index in [2.05, 4.69) is 0 Å². The first-order valence-electron chi connectivity index (χ1n) is 22.1. The van der Waals surface area contributed by atoms with Gasteiger partial charge in [-0.1, -0.05) is 182 Å². The lowest BCUT2D eigenvalue weighted by atomic mass is 9.97. The van der Waals surface area contributed by atoms with Crippen molar-refractivity contribution >= 4 is 0 Å². The van der Waals surface area contributed by atoms with Crippen LogP contribution in [0, 0.1) is 0 Å². The molecule has 2 aliphatic heterocycles. The molecule has 6 aromatic carbocycles. The molecular weight excluding hydrogens is 809 g/mol. The van der Waals surface area contributed by atoms with Crippen molar-refractivity contribution in [3.8, 4) is 0 Å². The first-order valence-corrected chi connectivity index (χ1v) is 22.1. The average Bonchev–Trinajstić information content (AvgIpc) is 3.35. The number of aliphatic hydroxyl groups is 1. The number of rotatable bonds is 22. The Balaban J connectivity index is 1.09. The molecule has 1 N–H and O–H groups in total. The summed E-state index contributed by atoms with van der Waals surface area (Å²) in [6.07, 6.45) is -6.78. The Kier molecular flexibility index (Phi) is 17.3. The lowest BCUT2D eigenvalue weighted by molar-refractivity contribution is -0.352. The third kappa shape index (κ3) is 13.5. The molecule has 0 spiro atoms. The minimum Gasteiger partial charge on any atom is -0.374 e. The van der Waals surface area contributed by atoms with E-state index in [1.807, 2.05) is 182 Å². The Bertz CT molecular complexity index is 2170. The van der Waals surface area contributed by atoms with Crippen molar-refractivity contribution in [2.75, 3.05) is 13.2 Å². The monoisotopic (exact) mass is 866 g/mol. The smallest absolute Gasteiger partial charge is 0.184 e. The van der Waals surface area contributed by atoms with Crippen LogP contribution >= 0.6 is 0 Å². The van der Waals surface area contributed by atoms with Crippen molar-refractivity contribution in [3.63, 3.8) is 0 Å². The highest BCUT2D eigenvalue weighted by Crippen LogP contribution is 2.35. The minimum absolute atomic E-state index is 0.0975. The Morgan fingerprint density at radius 3 is 1.14 bits per heavy atom. The summed E-state index contributed by atoms with van der Waals surface area (Å²) in [6.45, 7) is 2.19. The number of ether oxygens (including phenoxy) is 9. The normalized spacial score (nSPS) is 24.6. The topological polar surface area (TPSA) is 103 Å². The summed E-state index contributed by atoms with van der Waals surface area (Å²) in [4.78, 5) is 0. The molecule has 2 fully saturated rings. The predicted molar refractivity (Wildman–Crippen MR) is 241 cm³/mol. The summed E-state index contributed by atoms with van der Waals surface area (Å²) in [5.74, 6) is 0. The first kappa shape index (κ1) is 45.5. The summed E-state index contributed by atoms with van der Waals surface area (Å²) >= 11 is 0. The van der Waals surface area contributed by atoms with Gasteiger partial charge in [-0.05, 0) is 33.4 Å². The van der Waals surface area contributed by atoms with Gasteiger partial charge in [0.1, 0.15) is 36.6 Å². The minimum atomic E-state index is -1.35. The summed E-state index contributed by atoms with van der Waals surface area (Å²) in [5, 5.41) is 11.7. The second kappa shape index (κ2) is 24.3. The zero-order chi connectivity index (χ0) is 43.6.